The van der Waals surface area contributed by atoms with Crippen molar-refractivity contribution in [3.05, 3.63) is 47.8 Å². The fourth-order valence-electron chi connectivity index (χ4n) is 5.40. The van der Waals surface area contributed by atoms with E-state index < -0.39 is 10.0 Å². The van der Waals surface area contributed by atoms with Crippen LogP contribution in [0.2, 0.25) is 0 Å². The van der Waals surface area contributed by atoms with Crippen molar-refractivity contribution in [1.29, 1.82) is 0 Å². The lowest BCUT2D eigenvalue weighted by Gasteiger charge is -2.28. The molecular weight excluding hydrogens is 504 g/mol. The number of carbonyl (C=O) groups excluding carboxylic acids is 2. The Balaban J connectivity index is 1.60. The summed E-state index contributed by atoms with van der Waals surface area (Å²) in [5.41, 5.74) is 2.26. The van der Waals surface area contributed by atoms with Gasteiger partial charge in [-0.3, -0.25) is 14.3 Å². The van der Waals surface area contributed by atoms with Crippen LogP contribution in [0, 0.1) is 5.92 Å². The molecule has 1 unspecified atom stereocenters. The average molecular weight is 545 g/mol. The molecule has 10 nitrogen and oxygen atoms in total. The summed E-state index contributed by atoms with van der Waals surface area (Å²) in [4.78, 5) is 32.5. The minimum Gasteiger partial charge on any atom is -0.333 e. The Hall–Kier alpha value is -2.76. The van der Waals surface area contributed by atoms with Gasteiger partial charge in [-0.2, -0.15) is 9.40 Å². The van der Waals surface area contributed by atoms with Crippen LogP contribution in [-0.4, -0.2) is 96.2 Å². The second kappa shape index (κ2) is 12.0. The quantitative estimate of drug-likeness (QED) is 0.574. The van der Waals surface area contributed by atoms with Crippen LogP contribution in [0.5, 0.6) is 0 Å². The summed E-state index contributed by atoms with van der Waals surface area (Å²) in [6.45, 7) is 10.9. The molecule has 208 valence electrons. The first-order valence-corrected chi connectivity index (χ1v) is 15.2. The summed E-state index contributed by atoms with van der Waals surface area (Å²) in [7, 11) is -3.26. The van der Waals surface area contributed by atoms with Crippen molar-refractivity contribution in [1.82, 2.24) is 23.9 Å². The zero-order chi connectivity index (χ0) is 27.4. The average Bonchev–Trinajstić information content (AvgIpc) is 3.53. The van der Waals surface area contributed by atoms with Gasteiger partial charge in [0.15, 0.2) is 0 Å². The zero-order valence-corrected chi connectivity index (χ0v) is 23.7. The summed E-state index contributed by atoms with van der Waals surface area (Å²) < 4.78 is 27.0. The van der Waals surface area contributed by atoms with Crippen molar-refractivity contribution in [3.63, 3.8) is 0 Å². The van der Waals surface area contributed by atoms with Crippen molar-refractivity contribution >= 4 is 27.5 Å². The molecule has 0 spiro atoms. The molecule has 0 saturated carbocycles. The fourth-order valence-corrected chi connectivity index (χ4v) is 6.28. The molecule has 4 rings (SSSR count). The third-order valence-corrected chi connectivity index (χ3v) is 8.56. The molecule has 1 atom stereocenters. The molecule has 3 heterocycles. The number of carbonyl (C=O) groups is 2. The van der Waals surface area contributed by atoms with Crippen LogP contribution in [-0.2, 0) is 21.4 Å². The second-order valence-corrected chi connectivity index (χ2v) is 12.8. The van der Waals surface area contributed by atoms with Crippen LogP contribution < -0.4 is 4.90 Å². The van der Waals surface area contributed by atoms with Gasteiger partial charge >= 0.3 is 0 Å². The molecule has 0 aliphatic carbocycles. The van der Waals surface area contributed by atoms with Crippen molar-refractivity contribution in [2.45, 2.75) is 46.2 Å². The van der Waals surface area contributed by atoms with E-state index in [0.29, 0.717) is 50.6 Å². The van der Waals surface area contributed by atoms with Crippen LogP contribution in [0.25, 0.3) is 0 Å². The van der Waals surface area contributed by atoms with Crippen molar-refractivity contribution in [3.8, 4) is 0 Å². The zero-order valence-electron chi connectivity index (χ0n) is 22.9. The van der Waals surface area contributed by atoms with Gasteiger partial charge in [0.25, 0.3) is 5.91 Å². The normalized spacial score (nSPS) is 20.4. The summed E-state index contributed by atoms with van der Waals surface area (Å²) in [6.07, 6.45) is 6.05. The van der Waals surface area contributed by atoms with E-state index in [1.165, 1.54) is 10.6 Å². The number of anilines is 1. The molecule has 1 aromatic carbocycles. The topological polar surface area (TPSA) is 99.1 Å². The highest BCUT2D eigenvalue weighted by Crippen LogP contribution is 2.26. The van der Waals surface area contributed by atoms with Crippen LogP contribution in [0.4, 0.5) is 5.69 Å². The number of hydrogen-bond acceptors (Lipinski definition) is 6. The maximum Gasteiger partial charge on any atom is 0.257 e. The van der Waals surface area contributed by atoms with Crippen LogP contribution in [0.3, 0.4) is 0 Å². The Kier molecular flexibility index (Phi) is 8.89. The van der Waals surface area contributed by atoms with Gasteiger partial charge in [0.05, 0.1) is 24.1 Å². The molecule has 1 aromatic heterocycles. The van der Waals surface area contributed by atoms with E-state index >= 15 is 0 Å². The number of hydrogen-bond donors (Lipinski definition) is 0. The lowest BCUT2D eigenvalue weighted by Crippen LogP contribution is -2.40. The standard InChI is InChI=1S/C27H40N6O4S/c1-21(2)17-29-11-7-12-32(22(3)34)26-9-6-5-8-23(26)18-30(15-14-29)27(35)24-16-28-33(19-24)25-10-13-31(20-25)38(4,36)37/h5-6,8-9,16,19,21,25H,7,10-15,17-18,20H2,1-4H3. The first kappa shape index (κ1) is 28.3. The molecule has 11 heteroatoms. The summed E-state index contributed by atoms with van der Waals surface area (Å²) >= 11 is 0. The van der Waals surface area contributed by atoms with Gasteiger partial charge in [0.2, 0.25) is 15.9 Å². The van der Waals surface area contributed by atoms with E-state index in [1.807, 2.05) is 34.1 Å². The molecule has 38 heavy (non-hydrogen) atoms. The summed E-state index contributed by atoms with van der Waals surface area (Å²) in [6, 6.07) is 7.71. The maximum atomic E-state index is 13.8. The SMILES string of the molecule is CC(=O)N1CCCN(CC(C)C)CCN(C(=O)c2cnn(C3CCN(S(C)(=O)=O)C3)c2)Cc2ccccc21. The van der Waals surface area contributed by atoms with Gasteiger partial charge in [-0.15, -0.1) is 0 Å². The third-order valence-electron chi connectivity index (χ3n) is 7.29. The number of rotatable bonds is 5. The number of benzene rings is 1. The molecule has 2 amide bonds. The minimum absolute atomic E-state index is 0.00837. The molecule has 0 bridgehead atoms. The lowest BCUT2D eigenvalue weighted by atomic mass is 10.1. The lowest BCUT2D eigenvalue weighted by molar-refractivity contribution is -0.116. The number of sulfonamides is 1. The van der Waals surface area contributed by atoms with E-state index in [4.69, 9.17) is 0 Å². The number of fused-ring (bicyclic) bond motifs is 1. The van der Waals surface area contributed by atoms with Gasteiger partial charge in [-0.1, -0.05) is 32.0 Å². The Labute approximate surface area is 226 Å². The molecule has 0 radical (unpaired) electrons. The van der Waals surface area contributed by atoms with Gasteiger partial charge < -0.3 is 14.7 Å². The van der Waals surface area contributed by atoms with Crippen LogP contribution >= 0.6 is 0 Å². The number of para-hydroxylation sites is 1. The van der Waals surface area contributed by atoms with Gasteiger partial charge in [-0.05, 0) is 36.9 Å². The highest BCUT2D eigenvalue weighted by Gasteiger charge is 2.31. The molecule has 2 aromatic rings. The number of aromatic nitrogens is 2. The highest BCUT2D eigenvalue weighted by molar-refractivity contribution is 7.88. The van der Waals surface area contributed by atoms with Crippen molar-refractivity contribution in [2.24, 2.45) is 5.92 Å². The largest absolute Gasteiger partial charge is 0.333 e. The first-order valence-electron chi connectivity index (χ1n) is 13.4. The third kappa shape index (κ3) is 6.81. The van der Waals surface area contributed by atoms with E-state index in [1.54, 1.807) is 24.0 Å². The molecule has 1 saturated heterocycles. The predicted octanol–water partition coefficient (Wildman–Crippen LogP) is 2.45. The molecule has 0 N–H and O–H groups in total. The molecule has 1 fully saturated rings. The predicted molar refractivity (Wildman–Crippen MR) is 147 cm³/mol. The summed E-state index contributed by atoms with van der Waals surface area (Å²) in [5, 5.41) is 4.44. The van der Waals surface area contributed by atoms with Gasteiger partial charge in [-0.25, -0.2) is 8.42 Å². The second-order valence-electron chi connectivity index (χ2n) is 10.8. The monoisotopic (exact) mass is 544 g/mol. The van der Waals surface area contributed by atoms with Crippen LogP contribution in [0.1, 0.15) is 55.6 Å². The number of amides is 2. The maximum absolute atomic E-state index is 13.8. The Morgan fingerprint density at radius 1 is 1.08 bits per heavy atom. The minimum atomic E-state index is -3.26. The van der Waals surface area contributed by atoms with Crippen molar-refractivity contribution < 1.29 is 18.0 Å². The van der Waals surface area contributed by atoms with E-state index in [-0.39, 0.29) is 17.9 Å². The van der Waals surface area contributed by atoms with Crippen LogP contribution in [0.15, 0.2) is 36.7 Å². The molecule has 2 aliphatic heterocycles. The highest BCUT2D eigenvalue weighted by atomic mass is 32.2. The van der Waals surface area contributed by atoms with Crippen molar-refractivity contribution in [2.75, 3.05) is 57.0 Å². The van der Waals surface area contributed by atoms with Gasteiger partial charge in [0, 0.05) is 64.6 Å². The summed E-state index contributed by atoms with van der Waals surface area (Å²) in [5.74, 6) is 0.356. The first-order chi connectivity index (χ1) is 18.0. The van der Waals surface area contributed by atoms with E-state index in [0.717, 1.165) is 37.3 Å². The fraction of sp³-hybridized carbons (Fsp3) is 0.593. The Morgan fingerprint density at radius 3 is 2.53 bits per heavy atom. The Bertz CT molecular complexity index is 1240. The van der Waals surface area contributed by atoms with Gasteiger partial charge in [0.1, 0.15) is 0 Å². The smallest absolute Gasteiger partial charge is 0.257 e. The van der Waals surface area contributed by atoms with E-state index in [9.17, 15) is 18.0 Å². The Morgan fingerprint density at radius 2 is 1.84 bits per heavy atom. The molecular formula is C27H40N6O4S. The molecule has 2 aliphatic rings. The number of nitrogens with zero attached hydrogens (tertiary/aromatic N) is 6. The van der Waals surface area contributed by atoms with E-state index in [2.05, 4.69) is 23.8 Å².